The number of nitrogens with zero attached hydrogens (tertiary/aromatic N) is 1. The first-order chi connectivity index (χ1) is 9.18. The van der Waals surface area contributed by atoms with Crippen molar-refractivity contribution in [1.29, 1.82) is 0 Å². The van der Waals surface area contributed by atoms with Gasteiger partial charge < -0.3 is 4.57 Å². The highest BCUT2D eigenvalue weighted by Gasteiger charge is 2.17. The summed E-state index contributed by atoms with van der Waals surface area (Å²) in [5.74, 6) is 0.923. The smallest absolute Gasteiger partial charge is 0.240 e. The van der Waals surface area contributed by atoms with Crippen molar-refractivity contribution < 1.29 is 8.42 Å². The summed E-state index contributed by atoms with van der Waals surface area (Å²) < 4.78 is 25.5. The Bertz CT molecular complexity index is 712. The molecule has 6 heteroatoms. The van der Waals surface area contributed by atoms with Crippen LogP contribution in [0.25, 0.3) is 10.9 Å². The summed E-state index contributed by atoms with van der Waals surface area (Å²) in [5.41, 5.74) is 0.908. The van der Waals surface area contributed by atoms with E-state index >= 15 is 0 Å². The molecular weight excluding hydrogens is 292 g/mol. The van der Waals surface area contributed by atoms with Crippen molar-refractivity contribution in [3.63, 3.8) is 0 Å². The number of primary sulfonamides is 1. The second kappa shape index (κ2) is 5.42. The van der Waals surface area contributed by atoms with Gasteiger partial charge >= 0.3 is 0 Å². The van der Waals surface area contributed by atoms with E-state index in [-0.39, 0.29) is 9.64 Å². The van der Waals surface area contributed by atoms with E-state index in [2.05, 4.69) is 20.8 Å². The number of para-hydroxylation sites is 1. The van der Waals surface area contributed by atoms with Gasteiger partial charge in [0.2, 0.25) is 10.0 Å². The normalized spacial score (nSPS) is 13.0. The monoisotopic (exact) mass is 312 g/mol. The molecule has 0 saturated carbocycles. The lowest BCUT2D eigenvalue weighted by molar-refractivity contribution is 0.598. The summed E-state index contributed by atoms with van der Waals surface area (Å²) in [6.07, 6.45) is 1.64. The van der Waals surface area contributed by atoms with E-state index in [4.69, 9.17) is 5.14 Å². The first kappa shape index (κ1) is 15.4. The molecule has 1 aromatic heterocycles. The average Bonchev–Trinajstić information content (AvgIpc) is 2.67. The van der Waals surface area contributed by atoms with Gasteiger partial charge in [-0.25, -0.2) is 13.6 Å². The van der Waals surface area contributed by atoms with E-state index in [9.17, 15) is 8.42 Å². The van der Waals surface area contributed by atoms with Crippen LogP contribution in [0.4, 0.5) is 0 Å². The molecule has 0 spiro atoms. The van der Waals surface area contributed by atoms with Crippen LogP contribution in [0.1, 0.15) is 20.8 Å². The summed E-state index contributed by atoms with van der Waals surface area (Å²) in [6.45, 7) is 7.27. The predicted octanol–water partition coefficient (Wildman–Crippen LogP) is 2.82. The van der Waals surface area contributed by atoms with Gasteiger partial charge in [-0.05, 0) is 6.07 Å². The zero-order valence-electron chi connectivity index (χ0n) is 12.0. The average molecular weight is 312 g/mol. The molecule has 2 aromatic rings. The third-order valence-corrected chi connectivity index (χ3v) is 5.12. The maximum atomic E-state index is 11.7. The molecule has 20 heavy (non-hydrogen) atoms. The standard InChI is InChI=1S/C14H20N2O2S2/c1-14(2,3)19-9-8-16-10-13(20(15,17)18)11-6-4-5-7-12(11)16/h4-7,10H,8-9H2,1-3H3,(H2,15,17,18). The van der Waals surface area contributed by atoms with Crippen LogP contribution < -0.4 is 5.14 Å². The number of aryl methyl sites for hydroxylation is 1. The molecule has 0 aliphatic carbocycles. The Balaban J connectivity index is 2.35. The largest absolute Gasteiger partial charge is 0.345 e. The minimum Gasteiger partial charge on any atom is -0.345 e. The molecule has 0 fully saturated rings. The molecule has 0 bridgehead atoms. The lowest BCUT2D eigenvalue weighted by atomic mass is 10.2. The molecule has 1 heterocycles. The van der Waals surface area contributed by atoms with E-state index < -0.39 is 10.0 Å². The first-order valence-electron chi connectivity index (χ1n) is 6.43. The summed E-state index contributed by atoms with van der Waals surface area (Å²) in [6, 6.07) is 7.45. The third-order valence-electron chi connectivity index (χ3n) is 2.93. The van der Waals surface area contributed by atoms with Crippen LogP contribution in [0.3, 0.4) is 0 Å². The van der Waals surface area contributed by atoms with Gasteiger partial charge in [-0.15, -0.1) is 0 Å². The molecule has 0 radical (unpaired) electrons. The summed E-state index contributed by atoms with van der Waals surface area (Å²) in [7, 11) is -3.69. The molecule has 0 aliphatic heterocycles. The highest BCUT2D eigenvalue weighted by Crippen LogP contribution is 2.27. The Hall–Kier alpha value is -0.980. The van der Waals surface area contributed by atoms with Crippen molar-refractivity contribution in [3.8, 4) is 0 Å². The summed E-state index contributed by atoms with van der Waals surface area (Å²) in [5, 5.41) is 5.98. The molecule has 110 valence electrons. The number of thioether (sulfide) groups is 1. The maximum absolute atomic E-state index is 11.7. The number of sulfonamides is 1. The number of nitrogens with two attached hydrogens (primary N) is 1. The fourth-order valence-corrected chi connectivity index (χ4v) is 3.73. The number of hydrogen-bond acceptors (Lipinski definition) is 3. The quantitative estimate of drug-likeness (QED) is 0.944. The van der Waals surface area contributed by atoms with Gasteiger partial charge in [0.15, 0.2) is 0 Å². The molecule has 0 unspecified atom stereocenters. The molecule has 0 aliphatic rings. The van der Waals surface area contributed by atoms with Crippen LogP contribution in [0.2, 0.25) is 0 Å². The Kier molecular flexibility index (Phi) is 4.18. The lowest BCUT2D eigenvalue weighted by Crippen LogP contribution is -2.12. The van der Waals surface area contributed by atoms with Crippen LogP contribution in [0, 0.1) is 0 Å². The number of benzene rings is 1. The van der Waals surface area contributed by atoms with Crippen LogP contribution in [-0.4, -0.2) is 23.5 Å². The zero-order valence-corrected chi connectivity index (χ0v) is 13.6. The Morgan fingerprint density at radius 3 is 2.50 bits per heavy atom. The highest BCUT2D eigenvalue weighted by atomic mass is 32.2. The minimum absolute atomic E-state index is 0.200. The number of rotatable bonds is 4. The first-order valence-corrected chi connectivity index (χ1v) is 8.96. The summed E-state index contributed by atoms with van der Waals surface area (Å²) in [4.78, 5) is 0.203. The van der Waals surface area contributed by atoms with Crippen LogP contribution in [0.15, 0.2) is 35.4 Å². The van der Waals surface area contributed by atoms with E-state index in [1.807, 2.05) is 34.5 Å². The van der Waals surface area contributed by atoms with E-state index in [0.717, 1.165) is 17.8 Å². The van der Waals surface area contributed by atoms with Crippen molar-refractivity contribution in [1.82, 2.24) is 4.57 Å². The summed E-state index contributed by atoms with van der Waals surface area (Å²) >= 11 is 1.85. The SMILES string of the molecule is CC(C)(C)SCCn1cc(S(N)(=O)=O)c2ccccc21. The van der Waals surface area contributed by atoms with Gasteiger partial charge in [-0.1, -0.05) is 39.0 Å². The van der Waals surface area contributed by atoms with Crippen molar-refractivity contribution in [2.24, 2.45) is 5.14 Å². The maximum Gasteiger partial charge on any atom is 0.240 e. The van der Waals surface area contributed by atoms with Gasteiger partial charge in [-0.2, -0.15) is 11.8 Å². The van der Waals surface area contributed by atoms with Crippen molar-refractivity contribution in [2.45, 2.75) is 37.0 Å². The number of aromatic nitrogens is 1. The fourth-order valence-electron chi connectivity index (χ4n) is 2.07. The van der Waals surface area contributed by atoms with Gasteiger partial charge in [-0.3, -0.25) is 0 Å². The minimum atomic E-state index is -3.69. The van der Waals surface area contributed by atoms with Gasteiger partial charge in [0.25, 0.3) is 0 Å². The number of fused-ring (bicyclic) bond motifs is 1. The van der Waals surface area contributed by atoms with E-state index in [1.165, 1.54) is 0 Å². The van der Waals surface area contributed by atoms with Crippen LogP contribution in [-0.2, 0) is 16.6 Å². The molecule has 2 N–H and O–H groups in total. The molecule has 0 atom stereocenters. The van der Waals surface area contributed by atoms with E-state index in [1.54, 1.807) is 12.3 Å². The van der Waals surface area contributed by atoms with Crippen LogP contribution in [0.5, 0.6) is 0 Å². The van der Waals surface area contributed by atoms with Gasteiger partial charge in [0.1, 0.15) is 4.90 Å². The second-order valence-corrected chi connectivity index (χ2v) is 9.16. The molecule has 4 nitrogen and oxygen atoms in total. The van der Waals surface area contributed by atoms with Gasteiger partial charge in [0, 0.05) is 34.1 Å². The van der Waals surface area contributed by atoms with Crippen LogP contribution >= 0.6 is 11.8 Å². The lowest BCUT2D eigenvalue weighted by Gasteiger charge is -2.17. The third kappa shape index (κ3) is 3.56. The Morgan fingerprint density at radius 1 is 1.25 bits per heavy atom. The molecule has 0 amide bonds. The van der Waals surface area contributed by atoms with E-state index in [0.29, 0.717) is 5.39 Å². The Morgan fingerprint density at radius 2 is 1.90 bits per heavy atom. The topological polar surface area (TPSA) is 65.1 Å². The zero-order chi connectivity index (χ0) is 15.0. The fraction of sp³-hybridized carbons (Fsp3) is 0.429. The molecule has 1 aromatic carbocycles. The van der Waals surface area contributed by atoms with Crippen molar-refractivity contribution in [3.05, 3.63) is 30.5 Å². The Labute approximate surface area is 124 Å². The molecule has 0 saturated heterocycles. The number of hydrogen-bond donors (Lipinski definition) is 1. The van der Waals surface area contributed by atoms with Gasteiger partial charge in [0.05, 0.1) is 0 Å². The second-order valence-electron chi connectivity index (χ2n) is 5.71. The van der Waals surface area contributed by atoms with Crippen molar-refractivity contribution in [2.75, 3.05) is 5.75 Å². The predicted molar refractivity (Wildman–Crippen MR) is 85.5 cm³/mol. The molecule has 2 rings (SSSR count). The van der Waals surface area contributed by atoms with Crippen molar-refractivity contribution >= 4 is 32.7 Å². The molecular formula is C14H20N2O2S2. The highest BCUT2D eigenvalue weighted by molar-refractivity contribution is 8.00.